The lowest BCUT2D eigenvalue weighted by molar-refractivity contribution is 0.219. The smallest absolute Gasteiger partial charge is 0.175 e. The SMILES string of the molecule is Nc1ncnc2c1nc(Sc1cc(O)c(O)cc1Br)n2CCN1CCCCC1. The van der Waals surface area contributed by atoms with Gasteiger partial charge in [0.05, 0.1) is 0 Å². The van der Waals surface area contributed by atoms with Crippen LogP contribution in [0.4, 0.5) is 5.82 Å². The van der Waals surface area contributed by atoms with Gasteiger partial charge < -0.3 is 25.4 Å². The molecule has 4 rings (SSSR count). The first-order valence-corrected chi connectivity index (χ1v) is 10.7. The van der Waals surface area contributed by atoms with Crippen LogP contribution >= 0.6 is 27.7 Å². The Morgan fingerprint density at radius 3 is 2.61 bits per heavy atom. The number of hydrogen-bond acceptors (Lipinski definition) is 8. The van der Waals surface area contributed by atoms with Crippen LogP contribution in [0.2, 0.25) is 0 Å². The number of rotatable bonds is 5. The first-order chi connectivity index (χ1) is 13.5. The number of nitrogens with zero attached hydrogens (tertiary/aromatic N) is 5. The average Bonchev–Trinajstić information content (AvgIpc) is 3.04. The van der Waals surface area contributed by atoms with Crippen LogP contribution in [-0.2, 0) is 6.54 Å². The predicted octanol–water partition coefficient (Wildman–Crippen LogP) is 3.22. The lowest BCUT2D eigenvalue weighted by Gasteiger charge is -2.26. The third kappa shape index (κ3) is 3.89. The molecule has 1 aromatic carbocycles. The molecule has 0 amide bonds. The highest BCUT2D eigenvalue weighted by Gasteiger charge is 2.19. The second-order valence-corrected chi connectivity index (χ2v) is 8.62. The fourth-order valence-corrected chi connectivity index (χ4v) is 4.87. The number of imidazole rings is 1. The average molecular weight is 465 g/mol. The van der Waals surface area contributed by atoms with Gasteiger partial charge in [-0.05, 0) is 54.0 Å². The summed E-state index contributed by atoms with van der Waals surface area (Å²) in [6, 6.07) is 2.97. The van der Waals surface area contributed by atoms with E-state index in [-0.39, 0.29) is 11.5 Å². The molecule has 1 saturated heterocycles. The maximum Gasteiger partial charge on any atom is 0.175 e. The van der Waals surface area contributed by atoms with Crippen LogP contribution in [0.3, 0.4) is 0 Å². The Kier molecular flexibility index (Phi) is 5.61. The lowest BCUT2D eigenvalue weighted by atomic mass is 10.1. The summed E-state index contributed by atoms with van der Waals surface area (Å²) in [6.07, 6.45) is 5.23. The van der Waals surface area contributed by atoms with Gasteiger partial charge in [0.25, 0.3) is 0 Å². The molecule has 3 aromatic rings. The number of anilines is 1. The minimum atomic E-state index is -0.180. The summed E-state index contributed by atoms with van der Waals surface area (Å²) in [7, 11) is 0. The number of fused-ring (bicyclic) bond motifs is 1. The lowest BCUT2D eigenvalue weighted by Crippen LogP contribution is -2.32. The largest absolute Gasteiger partial charge is 0.504 e. The van der Waals surface area contributed by atoms with E-state index in [4.69, 9.17) is 5.73 Å². The molecule has 0 saturated carbocycles. The monoisotopic (exact) mass is 464 g/mol. The zero-order chi connectivity index (χ0) is 19.7. The molecule has 1 aliphatic rings. The van der Waals surface area contributed by atoms with Crippen molar-refractivity contribution < 1.29 is 10.2 Å². The molecular weight excluding hydrogens is 444 g/mol. The summed E-state index contributed by atoms with van der Waals surface area (Å²) in [5.74, 6) is -0.0119. The van der Waals surface area contributed by atoms with E-state index in [2.05, 4.69) is 35.8 Å². The second kappa shape index (κ2) is 8.14. The molecule has 0 unspecified atom stereocenters. The molecule has 4 N–H and O–H groups in total. The highest BCUT2D eigenvalue weighted by Crippen LogP contribution is 2.40. The summed E-state index contributed by atoms with van der Waals surface area (Å²) in [6.45, 7) is 3.87. The molecule has 0 radical (unpaired) electrons. The maximum absolute atomic E-state index is 9.87. The van der Waals surface area contributed by atoms with Crippen LogP contribution in [0, 0.1) is 0 Å². The Bertz CT molecular complexity index is 1010. The number of benzene rings is 1. The molecule has 1 fully saturated rings. The van der Waals surface area contributed by atoms with Gasteiger partial charge in [0.1, 0.15) is 6.33 Å². The van der Waals surface area contributed by atoms with E-state index in [1.807, 2.05) is 4.57 Å². The van der Waals surface area contributed by atoms with Crippen molar-refractivity contribution in [1.29, 1.82) is 0 Å². The number of nitrogens with two attached hydrogens (primary N) is 1. The Hall–Kier alpha value is -2.04. The van der Waals surface area contributed by atoms with Crippen molar-refractivity contribution in [2.75, 3.05) is 25.4 Å². The molecule has 8 nitrogen and oxygen atoms in total. The standard InChI is InChI=1S/C18H21BrN6O2S/c19-11-8-12(26)13(27)9-14(11)28-18-23-15-16(20)21-10-22-17(15)25(18)7-6-24-4-2-1-3-5-24/h8-10,26-27H,1-7H2,(H2,20,21,22). The van der Waals surface area contributed by atoms with Gasteiger partial charge in [0.2, 0.25) is 0 Å². The fourth-order valence-electron chi connectivity index (χ4n) is 3.35. The normalized spacial score (nSPS) is 15.3. The molecule has 28 heavy (non-hydrogen) atoms. The van der Waals surface area contributed by atoms with Crippen LogP contribution in [0.5, 0.6) is 11.5 Å². The van der Waals surface area contributed by atoms with Gasteiger partial charge in [-0.25, -0.2) is 15.0 Å². The van der Waals surface area contributed by atoms with Crippen molar-refractivity contribution in [3.8, 4) is 11.5 Å². The van der Waals surface area contributed by atoms with Crippen LogP contribution in [0.25, 0.3) is 11.2 Å². The Labute approximate surface area is 174 Å². The number of aromatic hydroxyl groups is 2. The zero-order valence-corrected chi connectivity index (χ0v) is 17.6. The highest BCUT2D eigenvalue weighted by atomic mass is 79.9. The molecule has 148 valence electrons. The maximum atomic E-state index is 9.87. The van der Waals surface area contributed by atoms with Gasteiger partial charge in [-0.1, -0.05) is 18.2 Å². The van der Waals surface area contributed by atoms with Crippen molar-refractivity contribution in [1.82, 2.24) is 24.4 Å². The second-order valence-electron chi connectivity index (χ2n) is 6.75. The third-order valence-corrected chi connectivity index (χ3v) is 6.81. The first kappa shape index (κ1) is 19.3. The number of phenols is 2. The number of halogens is 1. The van der Waals surface area contributed by atoms with Crippen LogP contribution in [-0.4, -0.2) is 54.3 Å². The number of hydrogen-bond donors (Lipinski definition) is 3. The van der Waals surface area contributed by atoms with Crippen molar-refractivity contribution in [3.63, 3.8) is 0 Å². The quantitative estimate of drug-likeness (QED) is 0.493. The molecule has 3 heterocycles. The minimum absolute atomic E-state index is 0.176. The van der Waals surface area contributed by atoms with E-state index in [1.165, 1.54) is 49.5 Å². The highest BCUT2D eigenvalue weighted by molar-refractivity contribution is 9.10. The molecule has 0 bridgehead atoms. The van der Waals surface area contributed by atoms with Crippen molar-refractivity contribution in [2.45, 2.75) is 35.9 Å². The van der Waals surface area contributed by atoms with E-state index in [0.29, 0.717) is 26.6 Å². The fraction of sp³-hybridized carbons (Fsp3) is 0.389. The predicted molar refractivity (Wildman–Crippen MR) is 112 cm³/mol. The van der Waals surface area contributed by atoms with Crippen molar-refractivity contribution in [3.05, 3.63) is 22.9 Å². The number of likely N-dealkylation sites (tertiary alicyclic amines) is 1. The molecule has 1 aliphatic heterocycles. The Morgan fingerprint density at radius 1 is 1.07 bits per heavy atom. The summed E-state index contributed by atoms with van der Waals surface area (Å²) in [5.41, 5.74) is 7.29. The van der Waals surface area contributed by atoms with E-state index in [9.17, 15) is 10.2 Å². The van der Waals surface area contributed by atoms with Crippen LogP contribution in [0.15, 0.2) is 33.0 Å². The van der Waals surface area contributed by atoms with Gasteiger partial charge in [0, 0.05) is 22.5 Å². The minimum Gasteiger partial charge on any atom is -0.504 e. The third-order valence-electron chi connectivity index (χ3n) is 4.84. The molecule has 2 aromatic heterocycles. The summed E-state index contributed by atoms with van der Waals surface area (Å²) >= 11 is 4.81. The summed E-state index contributed by atoms with van der Waals surface area (Å²) < 4.78 is 2.71. The van der Waals surface area contributed by atoms with E-state index < -0.39 is 0 Å². The van der Waals surface area contributed by atoms with E-state index in [0.717, 1.165) is 31.1 Å². The molecule has 0 spiro atoms. The van der Waals surface area contributed by atoms with Crippen molar-refractivity contribution in [2.24, 2.45) is 0 Å². The Balaban J connectivity index is 1.68. The topological polar surface area (TPSA) is 113 Å². The zero-order valence-electron chi connectivity index (χ0n) is 15.2. The van der Waals surface area contributed by atoms with Crippen molar-refractivity contribution >= 4 is 44.7 Å². The van der Waals surface area contributed by atoms with Gasteiger partial charge in [-0.15, -0.1) is 0 Å². The molecular formula is C18H21BrN6O2S. The summed E-state index contributed by atoms with van der Waals surface area (Å²) in [4.78, 5) is 16.3. The number of aromatic nitrogens is 4. The van der Waals surface area contributed by atoms with Gasteiger partial charge >= 0.3 is 0 Å². The molecule has 0 atom stereocenters. The van der Waals surface area contributed by atoms with Gasteiger partial charge in [-0.3, -0.25) is 0 Å². The van der Waals surface area contributed by atoms with E-state index in [1.54, 1.807) is 0 Å². The van der Waals surface area contributed by atoms with E-state index >= 15 is 0 Å². The molecule has 10 heteroatoms. The number of piperidine rings is 1. The number of nitrogen functional groups attached to an aromatic ring is 1. The number of phenolic OH excluding ortho intramolecular Hbond substituents is 2. The van der Waals surface area contributed by atoms with Gasteiger partial charge in [0.15, 0.2) is 33.6 Å². The van der Waals surface area contributed by atoms with Crippen LogP contribution in [0.1, 0.15) is 19.3 Å². The van der Waals surface area contributed by atoms with Crippen LogP contribution < -0.4 is 5.73 Å². The molecule has 0 aliphatic carbocycles. The Morgan fingerprint density at radius 2 is 1.82 bits per heavy atom. The van der Waals surface area contributed by atoms with Gasteiger partial charge in [-0.2, -0.15) is 0 Å². The first-order valence-electron chi connectivity index (χ1n) is 9.11. The summed E-state index contributed by atoms with van der Waals surface area (Å²) in [5, 5.41) is 20.3.